The average Bonchev–Trinajstić information content (AvgIpc) is 1.79. The predicted octanol–water partition coefficient (Wildman–Crippen LogP) is 0.282. The van der Waals surface area contributed by atoms with Gasteiger partial charge in [-0.2, -0.15) is 0 Å². The summed E-state index contributed by atoms with van der Waals surface area (Å²) in [6.07, 6.45) is 3.36. The van der Waals surface area contributed by atoms with Crippen molar-refractivity contribution in [2.24, 2.45) is 15.9 Å². The number of hydrogen-bond acceptors (Lipinski definition) is 3. The summed E-state index contributed by atoms with van der Waals surface area (Å²) in [6, 6.07) is 0. The SMILES string of the molecule is CC1CN=CNC=NC1. The molecule has 0 spiro atoms. The van der Waals surface area contributed by atoms with Crippen molar-refractivity contribution in [1.82, 2.24) is 5.32 Å². The zero-order chi connectivity index (χ0) is 6.53. The normalized spacial score (nSPS) is 26.6. The number of aliphatic imine (C=N–C) groups is 2. The Labute approximate surface area is 54.9 Å². The Hall–Kier alpha value is -0.860. The second-order valence-corrected chi connectivity index (χ2v) is 2.26. The van der Waals surface area contributed by atoms with Crippen molar-refractivity contribution in [1.29, 1.82) is 0 Å². The molecule has 0 unspecified atom stereocenters. The molecule has 1 heterocycles. The van der Waals surface area contributed by atoms with Gasteiger partial charge < -0.3 is 5.32 Å². The number of nitrogens with one attached hydrogen (secondary N) is 1. The Kier molecular flexibility index (Phi) is 2.24. The maximum absolute atomic E-state index is 4.08. The third-order valence-electron chi connectivity index (χ3n) is 1.17. The van der Waals surface area contributed by atoms with E-state index < -0.39 is 0 Å². The van der Waals surface area contributed by atoms with Crippen LogP contribution in [-0.2, 0) is 0 Å². The molecule has 0 fully saturated rings. The fourth-order valence-corrected chi connectivity index (χ4v) is 0.662. The molecule has 0 atom stereocenters. The van der Waals surface area contributed by atoms with Crippen LogP contribution in [0.3, 0.4) is 0 Å². The van der Waals surface area contributed by atoms with Gasteiger partial charge in [0.2, 0.25) is 0 Å². The van der Waals surface area contributed by atoms with Crippen LogP contribution in [0.2, 0.25) is 0 Å². The molecule has 1 aliphatic heterocycles. The summed E-state index contributed by atoms with van der Waals surface area (Å²) in [5.74, 6) is 0.583. The topological polar surface area (TPSA) is 36.8 Å². The summed E-state index contributed by atoms with van der Waals surface area (Å²) < 4.78 is 0. The lowest BCUT2D eigenvalue weighted by atomic mass is 10.2. The number of hydrogen-bond donors (Lipinski definition) is 1. The van der Waals surface area contributed by atoms with Crippen molar-refractivity contribution < 1.29 is 0 Å². The maximum atomic E-state index is 4.08. The van der Waals surface area contributed by atoms with Gasteiger partial charge in [0.15, 0.2) is 0 Å². The summed E-state index contributed by atoms with van der Waals surface area (Å²) in [4.78, 5) is 8.17. The van der Waals surface area contributed by atoms with Crippen LogP contribution < -0.4 is 5.32 Å². The average molecular weight is 125 g/mol. The van der Waals surface area contributed by atoms with E-state index in [0.717, 1.165) is 13.1 Å². The van der Waals surface area contributed by atoms with Gasteiger partial charge in [-0.05, 0) is 5.92 Å². The molecule has 0 amide bonds. The summed E-state index contributed by atoms with van der Waals surface area (Å²) in [5, 5.41) is 2.82. The first-order chi connectivity index (χ1) is 4.39. The van der Waals surface area contributed by atoms with E-state index >= 15 is 0 Å². The van der Waals surface area contributed by atoms with Gasteiger partial charge in [-0.25, -0.2) is 0 Å². The van der Waals surface area contributed by atoms with Gasteiger partial charge in [-0.15, -0.1) is 0 Å². The zero-order valence-corrected chi connectivity index (χ0v) is 5.54. The fraction of sp³-hybridized carbons (Fsp3) is 0.667. The molecule has 0 aromatic carbocycles. The molecule has 0 saturated heterocycles. The molecule has 0 saturated carbocycles. The van der Waals surface area contributed by atoms with Gasteiger partial charge in [0.1, 0.15) is 0 Å². The van der Waals surface area contributed by atoms with E-state index in [2.05, 4.69) is 22.2 Å². The summed E-state index contributed by atoms with van der Waals surface area (Å²) in [6.45, 7) is 3.90. The van der Waals surface area contributed by atoms with Crippen LogP contribution in [-0.4, -0.2) is 25.8 Å². The molecule has 0 aromatic heterocycles. The molecule has 0 aliphatic carbocycles. The lowest BCUT2D eigenvalue weighted by molar-refractivity contribution is 0.609. The molecular weight excluding hydrogens is 114 g/mol. The predicted molar refractivity (Wildman–Crippen MR) is 39.0 cm³/mol. The van der Waals surface area contributed by atoms with Crippen LogP contribution in [0.1, 0.15) is 6.92 Å². The second-order valence-electron chi connectivity index (χ2n) is 2.26. The standard InChI is InChI=1S/C6H11N3/c1-6-2-7-4-9-5-8-3-6/h4-6H,2-3H2,1H3,(H,7,8,9). The molecule has 50 valence electrons. The smallest absolute Gasteiger partial charge is 0.0874 e. The van der Waals surface area contributed by atoms with E-state index in [1.165, 1.54) is 0 Å². The first-order valence-corrected chi connectivity index (χ1v) is 3.12. The molecule has 9 heavy (non-hydrogen) atoms. The van der Waals surface area contributed by atoms with Gasteiger partial charge in [0, 0.05) is 13.1 Å². The monoisotopic (exact) mass is 125 g/mol. The largest absolute Gasteiger partial charge is 0.338 e. The third-order valence-corrected chi connectivity index (χ3v) is 1.17. The molecular formula is C6H11N3. The Bertz CT molecular complexity index is 114. The molecule has 3 nitrogen and oxygen atoms in total. The van der Waals surface area contributed by atoms with Crippen LogP contribution >= 0.6 is 0 Å². The minimum Gasteiger partial charge on any atom is -0.338 e. The zero-order valence-electron chi connectivity index (χ0n) is 5.54. The molecule has 0 aromatic rings. The van der Waals surface area contributed by atoms with E-state index in [4.69, 9.17) is 0 Å². The van der Waals surface area contributed by atoms with Crippen LogP contribution in [0.25, 0.3) is 0 Å². The van der Waals surface area contributed by atoms with Gasteiger partial charge in [-0.1, -0.05) is 6.92 Å². The highest BCUT2D eigenvalue weighted by molar-refractivity contribution is 5.74. The van der Waals surface area contributed by atoms with Crippen molar-refractivity contribution in [3.05, 3.63) is 0 Å². The van der Waals surface area contributed by atoms with Crippen LogP contribution in [0.5, 0.6) is 0 Å². The van der Waals surface area contributed by atoms with Gasteiger partial charge in [0.05, 0.1) is 12.7 Å². The summed E-state index contributed by atoms with van der Waals surface area (Å²) in [5.41, 5.74) is 0. The van der Waals surface area contributed by atoms with E-state index in [1.54, 1.807) is 12.7 Å². The van der Waals surface area contributed by atoms with Gasteiger partial charge in [0.25, 0.3) is 0 Å². The van der Waals surface area contributed by atoms with Crippen LogP contribution in [0.4, 0.5) is 0 Å². The maximum Gasteiger partial charge on any atom is 0.0874 e. The Balaban J connectivity index is 2.40. The lowest BCUT2D eigenvalue weighted by Gasteiger charge is -2.05. The van der Waals surface area contributed by atoms with Crippen molar-refractivity contribution in [2.75, 3.05) is 13.1 Å². The summed E-state index contributed by atoms with van der Waals surface area (Å²) in [7, 11) is 0. The first-order valence-electron chi connectivity index (χ1n) is 3.12. The van der Waals surface area contributed by atoms with E-state index in [-0.39, 0.29) is 0 Å². The Morgan fingerprint density at radius 3 is 2.44 bits per heavy atom. The van der Waals surface area contributed by atoms with Crippen molar-refractivity contribution in [3.8, 4) is 0 Å². The summed E-state index contributed by atoms with van der Waals surface area (Å²) >= 11 is 0. The molecule has 3 heteroatoms. The molecule has 1 N–H and O–H groups in total. The van der Waals surface area contributed by atoms with Crippen LogP contribution in [0.15, 0.2) is 9.98 Å². The molecule has 0 bridgehead atoms. The van der Waals surface area contributed by atoms with Crippen molar-refractivity contribution in [2.45, 2.75) is 6.92 Å². The highest BCUT2D eigenvalue weighted by atomic mass is 15.0. The Morgan fingerprint density at radius 1 is 1.33 bits per heavy atom. The third kappa shape index (κ3) is 2.26. The molecule has 1 aliphatic rings. The number of nitrogens with zero attached hydrogens (tertiary/aromatic N) is 2. The minimum atomic E-state index is 0.583. The highest BCUT2D eigenvalue weighted by Gasteiger charge is 1.97. The Morgan fingerprint density at radius 2 is 1.89 bits per heavy atom. The number of rotatable bonds is 0. The molecule has 0 radical (unpaired) electrons. The quantitative estimate of drug-likeness (QED) is 0.496. The minimum absolute atomic E-state index is 0.583. The van der Waals surface area contributed by atoms with Crippen molar-refractivity contribution >= 4 is 12.7 Å². The second kappa shape index (κ2) is 3.22. The van der Waals surface area contributed by atoms with E-state index in [9.17, 15) is 0 Å². The first kappa shape index (κ1) is 6.26. The van der Waals surface area contributed by atoms with E-state index in [0.29, 0.717) is 5.92 Å². The van der Waals surface area contributed by atoms with E-state index in [1.807, 2.05) is 0 Å². The van der Waals surface area contributed by atoms with Crippen molar-refractivity contribution in [3.63, 3.8) is 0 Å². The van der Waals surface area contributed by atoms with Gasteiger partial charge in [-0.3, -0.25) is 9.98 Å². The van der Waals surface area contributed by atoms with Crippen LogP contribution in [0, 0.1) is 5.92 Å². The molecule has 1 rings (SSSR count). The fourth-order valence-electron chi connectivity index (χ4n) is 0.662. The lowest BCUT2D eigenvalue weighted by Crippen LogP contribution is -2.15. The highest BCUT2D eigenvalue weighted by Crippen LogP contribution is 1.95. The van der Waals surface area contributed by atoms with Gasteiger partial charge >= 0.3 is 0 Å².